The SMILES string of the molecule is CCn1c(C)c(CC(=O)N[C@@H](Cc2ccccc2)C(=O)N(C)c2ccc(OC)nc2)c2cccc(C)c21. The highest BCUT2D eigenvalue weighted by Crippen LogP contribution is 2.29. The highest BCUT2D eigenvalue weighted by Gasteiger charge is 2.26. The Labute approximate surface area is 218 Å². The summed E-state index contributed by atoms with van der Waals surface area (Å²) in [4.78, 5) is 32.8. The van der Waals surface area contributed by atoms with Crippen molar-refractivity contribution in [3.05, 3.63) is 89.2 Å². The number of carbonyl (C=O) groups excluding carboxylic acids is 2. The van der Waals surface area contributed by atoms with Gasteiger partial charge in [0.15, 0.2) is 0 Å². The largest absolute Gasteiger partial charge is 0.481 e. The van der Waals surface area contributed by atoms with Crippen molar-refractivity contribution < 1.29 is 14.3 Å². The molecule has 0 bridgehead atoms. The van der Waals surface area contributed by atoms with Crippen molar-refractivity contribution in [3.8, 4) is 5.88 Å². The van der Waals surface area contributed by atoms with Crippen molar-refractivity contribution in [2.45, 2.75) is 46.2 Å². The Balaban J connectivity index is 1.60. The number of para-hydroxylation sites is 1. The molecule has 4 rings (SSSR count). The van der Waals surface area contributed by atoms with Gasteiger partial charge in [0, 0.05) is 37.2 Å². The molecular formula is C30H34N4O3. The van der Waals surface area contributed by atoms with Gasteiger partial charge in [0.2, 0.25) is 17.7 Å². The van der Waals surface area contributed by atoms with E-state index in [2.05, 4.69) is 47.8 Å². The van der Waals surface area contributed by atoms with Crippen LogP contribution in [0.4, 0.5) is 5.69 Å². The van der Waals surface area contributed by atoms with Crippen LogP contribution in [0, 0.1) is 13.8 Å². The maximum atomic E-state index is 13.6. The molecule has 0 spiro atoms. The molecule has 0 aliphatic rings. The average molecular weight is 499 g/mol. The standard InChI is InChI=1S/C30H34N4O3/c1-6-34-21(3)25(24-14-10-11-20(2)29(24)34)18-27(35)32-26(17-22-12-8-7-9-13-22)30(36)33(4)23-15-16-28(37-5)31-19-23/h7-16,19,26H,6,17-18H2,1-5H3,(H,32,35)/t26-/m0/s1. The van der Waals surface area contributed by atoms with E-state index >= 15 is 0 Å². The summed E-state index contributed by atoms with van der Waals surface area (Å²) in [6.45, 7) is 7.09. The molecule has 0 saturated carbocycles. The van der Waals surface area contributed by atoms with Crippen LogP contribution in [0.15, 0.2) is 66.9 Å². The van der Waals surface area contributed by atoms with Gasteiger partial charge in [0.05, 0.1) is 30.9 Å². The van der Waals surface area contributed by atoms with Gasteiger partial charge in [-0.15, -0.1) is 0 Å². The van der Waals surface area contributed by atoms with Crippen LogP contribution in [0.25, 0.3) is 10.9 Å². The summed E-state index contributed by atoms with van der Waals surface area (Å²) in [5, 5.41) is 4.12. The van der Waals surface area contributed by atoms with E-state index in [0.29, 0.717) is 18.0 Å². The first-order valence-corrected chi connectivity index (χ1v) is 12.5. The van der Waals surface area contributed by atoms with Gasteiger partial charge in [-0.05, 0) is 43.5 Å². The molecule has 192 valence electrons. The number of nitrogens with one attached hydrogen (secondary N) is 1. The minimum absolute atomic E-state index is 0.185. The van der Waals surface area contributed by atoms with Gasteiger partial charge in [-0.25, -0.2) is 4.98 Å². The Hall–Kier alpha value is -4.13. The molecule has 7 nitrogen and oxygen atoms in total. The van der Waals surface area contributed by atoms with E-state index < -0.39 is 6.04 Å². The van der Waals surface area contributed by atoms with Crippen molar-refractivity contribution in [3.63, 3.8) is 0 Å². The van der Waals surface area contributed by atoms with Crippen LogP contribution in [-0.4, -0.2) is 41.6 Å². The van der Waals surface area contributed by atoms with Crippen LogP contribution in [-0.2, 0) is 29.0 Å². The Kier molecular flexibility index (Phi) is 7.92. The zero-order valence-corrected chi connectivity index (χ0v) is 22.1. The van der Waals surface area contributed by atoms with Gasteiger partial charge in [0.1, 0.15) is 6.04 Å². The number of aromatic nitrogens is 2. The first-order chi connectivity index (χ1) is 17.8. The van der Waals surface area contributed by atoms with Crippen molar-refractivity contribution >= 4 is 28.4 Å². The molecule has 0 radical (unpaired) electrons. The number of fused-ring (bicyclic) bond motifs is 1. The van der Waals surface area contributed by atoms with E-state index in [1.807, 2.05) is 36.4 Å². The fraction of sp³-hybridized carbons (Fsp3) is 0.300. The number of likely N-dealkylation sites (N-methyl/N-ethyl adjacent to an activating group) is 1. The predicted octanol–water partition coefficient (Wildman–Crippen LogP) is 4.61. The lowest BCUT2D eigenvalue weighted by molar-refractivity contribution is -0.127. The normalized spacial score (nSPS) is 11.8. The molecule has 1 N–H and O–H groups in total. The predicted molar refractivity (Wildman–Crippen MR) is 147 cm³/mol. The zero-order valence-electron chi connectivity index (χ0n) is 22.1. The van der Waals surface area contributed by atoms with Crippen molar-refractivity contribution in [1.29, 1.82) is 0 Å². The Morgan fingerprint density at radius 1 is 1.05 bits per heavy atom. The van der Waals surface area contributed by atoms with Crippen LogP contribution in [0.1, 0.15) is 29.3 Å². The number of nitrogens with zero attached hydrogens (tertiary/aromatic N) is 3. The van der Waals surface area contributed by atoms with Gasteiger partial charge in [-0.2, -0.15) is 0 Å². The van der Waals surface area contributed by atoms with Gasteiger partial charge in [-0.3, -0.25) is 9.59 Å². The van der Waals surface area contributed by atoms with Crippen LogP contribution in [0.2, 0.25) is 0 Å². The number of carbonyl (C=O) groups is 2. The van der Waals surface area contributed by atoms with Crippen LogP contribution in [0.5, 0.6) is 5.88 Å². The van der Waals surface area contributed by atoms with E-state index in [0.717, 1.165) is 34.3 Å². The van der Waals surface area contributed by atoms with Crippen LogP contribution in [0.3, 0.4) is 0 Å². The summed E-state index contributed by atoms with van der Waals surface area (Å²) in [6, 6.07) is 18.7. The smallest absolute Gasteiger partial charge is 0.249 e. The Bertz CT molecular complexity index is 1390. The lowest BCUT2D eigenvalue weighted by Crippen LogP contribution is -2.49. The second kappa shape index (κ2) is 11.3. The Morgan fingerprint density at radius 2 is 1.81 bits per heavy atom. The number of ether oxygens (including phenoxy) is 1. The molecule has 2 amide bonds. The summed E-state index contributed by atoms with van der Waals surface area (Å²) in [6.07, 6.45) is 2.17. The number of benzene rings is 2. The Morgan fingerprint density at radius 3 is 2.46 bits per heavy atom. The molecule has 1 atom stereocenters. The van der Waals surface area contributed by atoms with Gasteiger partial charge >= 0.3 is 0 Å². The topological polar surface area (TPSA) is 76.5 Å². The van der Waals surface area contributed by atoms with Crippen molar-refractivity contribution in [2.24, 2.45) is 0 Å². The quantitative estimate of drug-likeness (QED) is 0.366. The molecule has 7 heteroatoms. The number of hydrogen-bond donors (Lipinski definition) is 1. The molecule has 37 heavy (non-hydrogen) atoms. The van der Waals surface area contributed by atoms with Crippen LogP contribution < -0.4 is 15.0 Å². The fourth-order valence-corrected chi connectivity index (χ4v) is 4.91. The van der Waals surface area contributed by atoms with Gasteiger partial charge < -0.3 is 19.5 Å². The lowest BCUT2D eigenvalue weighted by Gasteiger charge is -2.25. The molecule has 2 aromatic carbocycles. The summed E-state index contributed by atoms with van der Waals surface area (Å²) < 4.78 is 7.38. The van der Waals surface area contributed by atoms with E-state index in [1.165, 1.54) is 10.5 Å². The van der Waals surface area contributed by atoms with Gasteiger partial charge in [0.25, 0.3) is 0 Å². The molecule has 0 aliphatic carbocycles. The third-order valence-corrected chi connectivity index (χ3v) is 6.89. The highest BCUT2D eigenvalue weighted by atomic mass is 16.5. The highest BCUT2D eigenvalue weighted by molar-refractivity contribution is 6.00. The summed E-state index contributed by atoms with van der Waals surface area (Å²) >= 11 is 0. The van der Waals surface area contributed by atoms with E-state index in [4.69, 9.17) is 4.74 Å². The third kappa shape index (κ3) is 5.50. The van der Waals surface area contributed by atoms with E-state index in [9.17, 15) is 9.59 Å². The zero-order chi connectivity index (χ0) is 26.5. The van der Waals surface area contributed by atoms with E-state index in [-0.39, 0.29) is 18.2 Å². The summed E-state index contributed by atoms with van der Waals surface area (Å²) in [5.41, 5.74) is 6.01. The molecule has 4 aromatic rings. The molecule has 2 aromatic heterocycles. The summed E-state index contributed by atoms with van der Waals surface area (Å²) in [5.74, 6) is 0.0682. The second-order valence-electron chi connectivity index (χ2n) is 9.22. The van der Waals surface area contributed by atoms with Gasteiger partial charge in [-0.1, -0.05) is 48.5 Å². The number of aryl methyl sites for hydroxylation is 2. The molecule has 0 saturated heterocycles. The molecule has 2 heterocycles. The maximum absolute atomic E-state index is 13.6. The number of amides is 2. The monoisotopic (exact) mass is 498 g/mol. The molecule has 0 fully saturated rings. The average Bonchev–Trinajstić information content (AvgIpc) is 3.19. The minimum Gasteiger partial charge on any atom is -0.481 e. The van der Waals surface area contributed by atoms with Crippen molar-refractivity contribution in [2.75, 3.05) is 19.1 Å². The molecule has 0 aliphatic heterocycles. The lowest BCUT2D eigenvalue weighted by atomic mass is 10.0. The van der Waals surface area contributed by atoms with Crippen LogP contribution >= 0.6 is 0 Å². The fourth-order valence-electron chi connectivity index (χ4n) is 4.91. The number of pyridine rings is 1. The number of anilines is 1. The second-order valence-corrected chi connectivity index (χ2v) is 9.22. The number of methoxy groups -OCH3 is 1. The maximum Gasteiger partial charge on any atom is 0.249 e. The third-order valence-electron chi connectivity index (χ3n) is 6.89. The minimum atomic E-state index is -0.733. The summed E-state index contributed by atoms with van der Waals surface area (Å²) in [7, 11) is 3.24. The van der Waals surface area contributed by atoms with E-state index in [1.54, 1.807) is 32.5 Å². The number of hydrogen-bond acceptors (Lipinski definition) is 4. The first-order valence-electron chi connectivity index (χ1n) is 12.5. The first kappa shape index (κ1) is 25.9. The molecular weight excluding hydrogens is 464 g/mol. The van der Waals surface area contributed by atoms with Crippen molar-refractivity contribution in [1.82, 2.24) is 14.9 Å². The molecule has 0 unspecified atom stereocenters. The number of rotatable bonds is 9.